The summed E-state index contributed by atoms with van der Waals surface area (Å²) in [6, 6.07) is 68.6. The summed E-state index contributed by atoms with van der Waals surface area (Å²) in [5.41, 5.74) is 16.5. The molecule has 12 rings (SSSR count). The molecule has 464 valence electrons. The van der Waals surface area contributed by atoms with Crippen LogP contribution < -0.4 is 0 Å². The van der Waals surface area contributed by atoms with Gasteiger partial charge in [-0.3, -0.25) is 0 Å². The molecule has 5 heterocycles. The first-order valence-electron chi connectivity index (χ1n) is 31.4. The molecule has 0 fully saturated rings. The molecule has 0 radical (unpaired) electrons. The molecule has 0 saturated carbocycles. The Morgan fingerprint density at radius 1 is 0.301 bits per heavy atom. The predicted octanol–water partition coefficient (Wildman–Crippen LogP) is 19.4. The van der Waals surface area contributed by atoms with Gasteiger partial charge < -0.3 is 0 Å². The fourth-order valence-corrected chi connectivity index (χ4v) is 9.77. The second kappa shape index (κ2) is 33.6. The van der Waals surface area contributed by atoms with Gasteiger partial charge >= 0.3 is 0 Å². The molecule has 13 heteroatoms. The minimum Gasteiger partial charge on any atom is -0.237 e. The lowest BCUT2D eigenvalue weighted by Gasteiger charge is -2.14. The van der Waals surface area contributed by atoms with E-state index in [9.17, 15) is 10.5 Å². The van der Waals surface area contributed by atoms with Crippen LogP contribution >= 0.6 is 0 Å². The first-order valence-corrected chi connectivity index (χ1v) is 31.4. The zero-order chi connectivity index (χ0) is 66.2. The molecule has 0 spiro atoms. The Morgan fingerprint density at radius 2 is 0.645 bits per heavy atom. The van der Waals surface area contributed by atoms with E-state index in [0.717, 1.165) is 90.6 Å². The van der Waals surface area contributed by atoms with Crippen LogP contribution in [-0.2, 0) is 0 Å². The molecule has 0 aliphatic heterocycles. The minimum absolute atomic E-state index is 0.262. The van der Waals surface area contributed by atoms with Crippen LogP contribution in [0, 0.1) is 36.5 Å². The minimum atomic E-state index is 0.262. The summed E-state index contributed by atoms with van der Waals surface area (Å²) in [6.45, 7) is 25.6. The number of aromatic nitrogens is 11. The van der Waals surface area contributed by atoms with E-state index in [1.54, 1.807) is 49.3 Å². The Bertz CT molecular complexity index is 4030. The number of aryl methyl sites for hydroxylation is 1. The number of benzene rings is 7. The van der Waals surface area contributed by atoms with Crippen LogP contribution in [0.15, 0.2) is 231 Å². The number of rotatable bonds is 12. The average molecular weight is 1220 g/mol. The van der Waals surface area contributed by atoms with Crippen LogP contribution in [0.5, 0.6) is 0 Å². The Hall–Kier alpha value is -11.2. The highest BCUT2D eigenvalue weighted by Gasteiger charge is 2.16. The number of hydrogen-bond donors (Lipinski definition) is 0. The van der Waals surface area contributed by atoms with Crippen molar-refractivity contribution < 1.29 is 0 Å². The number of hydrogen-bond acceptors (Lipinski definition) is 13. The largest absolute Gasteiger partial charge is 0.237 e. The lowest BCUT2D eigenvalue weighted by molar-refractivity contribution is 0.766. The summed E-state index contributed by atoms with van der Waals surface area (Å²) in [5.74, 6) is 7.08. The van der Waals surface area contributed by atoms with Crippen molar-refractivity contribution in [1.29, 1.82) is 10.5 Å². The molecule has 0 aliphatic rings. The Kier molecular flexibility index (Phi) is 24.5. The van der Waals surface area contributed by atoms with Crippen LogP contribution in [0.3, 0.4) is 0 Å². The van der Waals surface area contributed by atoms with Gasteiger partial charge in [0.15, 0.2) is 29.1 Å². The normalized spacial score (nSPS) is 10.6. The summed E-state index contributed by atoms with van der Waals surface area (Å²) in [4.78, 5) is 48.6. The van der Waals surface area contributed by atoms with Gasteiger partial charge in [0.05, 0.1) is 34.7 Å². The molecule has 13 nitrogen and oxygen atoms in total. The zero-order valence-corrected chi connectivity index (χ0v) is 55.1. The molecule has 93 heavy (non-hydrogen) atoms. The van der Waals surface area contributed by atoms with Crippen LogP contribution in [0.1, 0.15) is 149 Å². The molecular formula is C80H79N13. The van der Waals surface area contributed by atoms with E-state index in [0.29, 0.717) is 46.4 Å². The summed E-state index contributed by atoms with van der Waals surface area (Å²) >= 11 is 0. The van der Waals surface area contributed by atoms with Crippen molar-refractivity contribution in [3.05, 3.63) is 282 Å². The zero-order valence-electron chi connectivity index (χ0n) is 55.1. The summed E-state index contributed by atoms with van der Waals surface area (Å²) < 4.78 is 0. The summed E-state index contributed by atoms with van der Waals surface area (Å²) in [7, 11) is 0. The van der Waals surface area contributed by atoms with E-state index in [4.69, 9.17) is 9.97 Å². The first-order chi connectivity index (χ1) is 45.0. The maximum Gasteiger partial charge on any atom is 0.163 e. The van der Waals surface area contributed by atoms with Crippen molar-refractivity contribution >= 4 is 0 Å². The molecule has 0 bridgehead atoms. The third kappa shape index (κ3) is 19.0. The highest BCUT2D eigenvalue weighted by Crippen LogP contribution is 2.31. The van der Waals surface area contributed by atoms with Gasteiger partial charge in [-0.1, -0.05) is 214 Å². The quantitative estimate of drug-likeness (QED) is 0.112. The molecule has 0 N–H and O–H groups in total. The molecule has 0 aliphatic carbocycles. The van der Waals surface area contributed by atoms with Crippen molar-refractivity contribution in [2.24, 2.45) is 0 Å². The molecule has 0 atom stereocenters. The van der Waals surface area contributed by atoms with E-state index in [1.807, 2.05) is 140 Å². The molecular weight excluding hydrogens is 1140 g/mol. The lowest BCUT2D eigenvalue weighted by atomic mass is 9.92. The summed E-state index contributed by atoms with van der Waals surface area (Å²) in [5, 5.41) is 18.4. The van der Waals surface area contributed by atoms with Gasteiger partial charge in [0, 0.05) is 88.0 Å². The lowest BCUT2D eigenvalue weighted by Crippen LogP contribution is -2.04. The van der Waals surface area contributed by atoms with Crippen LogP contribution in [0.4, 0.5) is 0 Å². The molecule has 0 saturated heterocycles. The van der Waals surface area contributed by atoms with Crippen LogP contribution in [0.25, 0.3) is 79.5 Å². The highest BCUT2D eigenvalue weighted by molar-refractivity contribution is 5.69. The van der Waals surface area contributed by atoms with Gasteiger partial charge in [-0.25, -0.2) is 54.8 Å². The van der Waals surface area contributed by atoms with Gasteiger partial charge in [-0.2, -0.15) is 10.5 Å². The van der Waals surface area contributed by atoms with E-state index < -0.39 is 0 Å². The predicted molar refractivity (Wildman–Crippen MR) is 375 cm³/mol. The summed E-state index contributed by atoms with van der Waals surface area (Å²) in [6.07, 6.45) is 10.3. The maximum atomic E-state index is 9.18. The highest BCUT2D eigenvalue weighted by atomic mass is 15.0. The Labute approximate surface area is 548 Å². The second-order valence-corrected chi connectivity index (χ2v) is 23.7. The average Bonchev–Trinajstić information content (AvgIpc) is 0.993. The van der Waals surface area contributed by atoms with Gasteiger partial charge in [-0.15, -0.1) is 0 Å². The van der Waals surface area contributed by atoms with Crippen LogP contribution in [0.2, 0.25) is 0 Å². The van der Waals surface area contributed by atoms with Crippen molar-refractivity contribution in [2.45, 2.75) is 113 Å². The topological polar surface area (TPSA) is 189 Å². The van der Waals surface area contributed by atoms with Gasteiger partial charge in [-0.05, 0) is 108 Å². The standard InChI is InChI=1S/C19H18N2.C18H17N3.C15H18N2.2C14H13N3/c1-14(2)19-20-17(15-9-5-3-6-10-15)13-18(21-19)16-11-7-4-8-12-16;1-13(2)16-19-17(14-9-5-3-6-10-14)21-18(20-16)15-11-7-4-8-12-15;1-10(2)13-8-11(3)9-14(12(13)4)15-16-6-5-7-17-15;2*1-10(2)11-4-5-13(12(8-11)9-15)14-16-6-3-7-17-14/h3-14H,1-2H3;3-13H,1-2H3;5-10H,1-4H3;2*3-8,10H,1-2H3. The Balaban J connectivity index is 0.000000150. The van der Waals surface area contributed by atoms with Crippen molar-refractivity contribution in [1.82, 2.24) is 54.8 Å². The van der Waals surface area contributed by atoms with Crippen LogP contribution in [-0.4, -0.2) is 54.8 Å². The molecule has 7 aromatic carbocycles. The fraction of sp³-hybridized carbons (Fsp3) is 0.212. The van der Waals surface area contributed by atoms with E-state index in [1.165, 1.54) is 16.7 Å². The van der Waals surface area contributed by atoms with Gasteiger partial charge in [0.25, 0.3) is 0 Å². The molecule has 12 aromatic rings. The van der Waals surface area contributed by atoms with E-state index in [2.05, 4.69) is 183 Å². The fourth-order valence-electron chi connectivity index (χ4n) is 9.77. The van der Waals surface area contributed by atoms with Crippen molar-refractivity contribution in [2.75, 3.05) is 0 Å². The second-order valence-electron chi connectivity index (χ2n) is 23.7. The van der Waals surface area contributed by atoms with E-state index >= 15 is 0 Å². The maximum absolute atomic E-state index is 9.18. The van der Waals surface area contributed by atoms with Gasteiger partial charge in [0.2, 0.25) is 0 Å². The SMILES string of the molecule is CC(C)c1ccc(-c2ncccn2)c(C#N)c1.CC(C)c1ccc(-c2ncccn2)c(C#N)c1.CC(C)c1nc(-c2ccccc2)cc(-c2ccccc2)n1.CC(C)c1nc(-c2ccccc2)nc(-c2ccccc2)n1.Cc1cc(-c2ncccn2)c(C)c(C(C)C)c1. The molecule has 5 aromatic heterocycles. The first kappa shape index (κ1) is 67.8. The third-order valence-electron chi connectivity index (χ3n) is 14.9. The van der Waals surface area contributed by atoms with Crippen molar-refractivity contribution in [3.63, 3.8) is 0 Å². The van der Waals surface area contributed by atoms with E-state index in [-0.39, 0.29) is 5.92 Å². The van der Waals surface area contributed by atoms with Gasteiger partial charge in [0.1, 0.15) is 11.6 Å². The number of nitriles is 2. The third-order valence-corrected chi connectivity index (χ3v) is 14.9. The monoisotopic (exact) mass is 1220 g/mol. The smallest absolute Gasteiger partial charge is 0.163 e. The van der Waals surface area contributed by atoms with Crippen molar-refractivity contribution in [3.8, 4) is 91.6 Å². The Morgan fingerprint density at radius 3 is 0.978 bits per heavy atom. The molecule has 0 unspecified atom stereocenters. The molecule has 0 amide bonds. The number of nitrogens with zero attached hydrogens (tertiary/aromatic N) is 13.